The van der Waals surface area contributed by atoms with Crippen LogP contribution in [0.5, 0.6) is 5.88 Å². The van der Waals surface area contributed by atoms with Gasteiger partial charge in [-0.15, -0.1) is 5.10 Å². The van der Waals surface area contributed by atoms with E-state index in [1.54, 1.807) is 0 Å². The summed E-state index contributed by atoms with van der Waals surface area (Å²) in [5, 5.41) is 8.51. The summed E-state index contributed by atoms with van der Waals surface area (Å²) in [7, 11) is 0. The fourth-order valence-corrected chi connectivity index (χ4v) is 3.53. The van der Waals surface area contributed by atoms with E-state index in [4.69, 9.17) is 4.74 Å². The van der Waals surface area contributed by atoms with E-state index in [-0.39, 0.29) is 0 Å². The predicted octanol–water partition coefficient (Wildman–Crippen LogP) is 5.58. The van der Waals surface area contributed by atoms with Crippen molar-refractivity contribution in [2.45, 2.75) is 84.5 Å². The van der Waals surface area contributed by atoms with Crippen LogP contribution in [0, 0.1) is 11.8 Å². The van der Waals surface area contributed by atoms with Crippen molar-refractivity contribution in [2.24, 2.45) is 11.8 Å². The molecular weight excluding hydrogens is 284 g/mol. The molecule has 1 aromatic heterocycles. The van der Waals surface area contributed by atoms with Gasteiger partial charge in [0.1, 0.15) is 0 Å². The van der Waals surface area contributed by atoms with Gasteiger partial charge in [0, 0.05) is 6.07 Å². The highest BCUT2D eigenvalue weighted by Crippen LogP contribution is 2.34. The first kappa shape index (κ1) is 18.2. The van der Waals surface area contributed by atoms with E-state index < -0.39 is 0 Å². The van der Waals surface area contributed by atoms with Gasteiger partial charge in [0.05, 0.1) is 12.3 Å². The predicted molar refractivity (Wildman–Crippen MR) is 95.7 cm³/mol. The van der Waals surface area contributed by atoms with Crippen LogP contribution in [-0.4, -0.2) is 16.8 Å². The van der Waals surface area contributed by atoms with Gasteiger partial charge in [0.25, 0.3) is 0 Å². The molecule has 1 aromatic rings. The Morgan fingerprint density at radius 3 is 2.22 bits per heavy atom. The summed E-state index contributed by atoms with van der Waals surface area (Å²) in [6.07, 6.45) is 14.5. The van der Waals surface area contributed by atoms with Crippen molar-refractivity contribution >= 4 is 0 Å². The minimum Gasteiger partial charge on any atom is -0.477 e. The van der Waals surface area contributed by atoms with E-state index in [0.717, 1.165) is 43.4 Å². The van der Waals surface area contributed by atoms with E-state index in [2.05, 4.69) is 30.1 Å². The lowest BCUT2D eigenvalue weighted by Crippen LogP contribution is -2.15. The second-order valence-corrected chi connectivity index (χ2v) is 7.13. The van der Waals surface area contributed by atoms with Crippen LogP contribution in [-0.2, 0) is 6.42 Å². The molecule has 3 heteroatoms. The molecule has 1 aliphatic carbocycles. The molecule has 0 radical (unpaired) electrons. The van der Waals surface area contributed by atoms with E-state index in [1.807, 2.05) is 6.07 Å². The number of unbranched alkanes of at least 4 members (excludes halogenated alkanes) is 2. The molecule has 3 nitrogen and oxygen atoms in total. The first-order valence-corrected chi connectivity index (χ1v) is 9.77. The number of hydrogen-bond acceptors (Lipinski definition) is 3. The maximum Gasteiger partial charge on any atom is 0.233 e. The van der Waals surface area contributed by atoms with Gasteiger partial charge in [-0.3, -0.25) is 0 Å². The van der Waals surface area contributed by atoms with Gasteiger partial charge in [-0.05, 0) is 37.2 Å². The molecule has 0 bridgehead atoms. The molecule has 1 fully saturated rings. The molecule has 130 valence electrons. The van der Waals surface area contributed by atoms with Crippen LogP contribution in [0.1, 0.15) is 83.7 Å². The maximum absolute atomic E-state index is 5.57. The third kappa shape index (κ3) is 6.88. The molecule has 1 saturated carbocycles. The van der Waals surface area contributed by atoms with Crippen LogP contribution in [0.3, 0.4) is 0 Å². The average Bonchev–Trinajstić information content (AvgIpc) is 2.60. The summed E-state index contributed by atoms with van der Waals surface area (Å²) in [6.45, 7) is 5.20. The lowest BCUT2D eigenvalue weighted by molar-refractivity contribution is 0.249. The lowest BCUT2D eigenvalue weighted by atomic mass is 9.78. The summed E-state index contributed by atoms with van der Waals surface area (Å²) in [6, 6.07) is 4.06. The van der Waals surface area contributed by atoms with Gasteiger partial charge in [0.2, 0.25) is 5.88 Å². The molecule has 23 heavy (non-hydrogen) atoms. The highest BCUT2D eigenvalue weighted by molar-refractivity contribution is 5.11. The quantitative estimate of drug-likeness (QED) is 0.528. The molecule has 0 aromatic carbocycles. The zero-order valence-corrected chi connectivity index (χ0v) is 15.1. The van der Waals surface area contributed by atoms with Crippen molar-refractivity contribution in [1.29, 1.82) is 0 Å². The molecule has 1 heterocycles. The first-order chi connectivity index (χ1) is 11.3. The Morgan fingerprint density at radius 1 is 0.913 bits per heavy atom. The summed E-state index contributed by atoms with van der Waals surface area (Å²) in [5.41, 5.74) is 1.11. The highest BCUT2D eigenvalue weighted by atomic mass is 16.5. The van der Waals surface area contributed by atoms with E-state index in [1.165, 1.54) is 51.4 Å². The smallest absolute Gasteiger partial charge is 0.233 e. The summed E-state index contributed by atoms with van der Waals surface area (Å²) in [4.78, 5) is 0. The van der Waals surface area contributed by atoms with Crippen molar-refractivity contribution in [3.05, 3.63) is 17.8 Å². The number of hydrogen-bond donors (Lipinski definition) is 0. The number of nitrogens with zero attached hydrogens (tertiary/aromatic N) is 2. The molecule has 0 spiro atoms. The topological polar surface area (TPSA) is 35.0 Å². The average molecular weight is 319 g/mol. The van der Waals surface area contributed by atoms with Gasteiger partial charge in [-0.1, -0.05) is 65.2 Å². The zero-order valence-electron chi connectivity index (χ0n) is 15.1. The van der Waals surface area contributed by atoms with Crippen molar-refractivity contribution in [3.8, 4) is 5.88 Å². The molecule has 0 unspecified atom stereocenters. The summed E-state index contributed by atoms with van der Waals surface area (Å²) >= 11 is 0. The Balaban J connectivity index is 1.64. The SMILES string of the molecule is CCCCOc1ccc(CCC2CCC(CCCC)CC2)nn1. The molecule has 2 rings (SSSR count). The van der Waals surface area contributed by atoms with Crippen LogP contribution < -0.4 is 4.74 Å². The Kier molecular flexibility index (Phi) is 8.41. The molecule has 0 amide bonds. The van der Waals surface area contributed by atoms with Gasteiger partial charge >= 0.3 is 0 Å². The Labute approximate surface area is 142 Å². The molecule has 0 saturated heterocycles. The summed E-state index contributed by atoms with van der Waals surface area (Å²) < 4.78 is 5.57. The first-order valence-electron chi connectivity index (χ1n) is 9.77. The Hall–Kier alpha value is -1.12. The van der Waals surface area contributed by atoms with Crippen molar-refractivity contribution in [3.63, 3.8) is 0 Å². The van der Waals surface area contributed by atoms with Gasteiger partial charge < -0.3 is 4.74 Å². The molecule has 0 atom stereocenters. The second kappa shape index (κ2) is 10.6. The minimum absolute atomic E-state index is 0.665. The highest BCUT2D eigenvalue weighted by Gasteiger charge is 2.20. The van der Waals surface area contributed by atoms with Crippen LogP contribution in [0.2, 0.25) is 0 Å². The van der Waals surface area contributed by atoms with Crippen molar-refractivity contribution < 1.29 is 4.74 Å². The number of aryl methyl sites for hydroxylation is 1. The maximum atomic E-state index is 5.57. The monoisotopic (exact) mass is 318 g/mol. The molecular formula is C20H34N2O. The third-order valence-electron chi connectivity index (χ3n) is 5.18. The van der Waals surface area contributed by atoms with Crippen LogP contribution >= 0.6 is 0 Å². The minimum atomic E-state index is 0.665. The van der Waals surface area contributed by atoms with Gasteiger partial charge in [0.15, 0.2) is 0 Å². The molecule has 1 aliphatic rings. The van der Waals surface area contributed by atoms with Crippen LogP contribution in [0.15, 0.2) is 12.1 Å². The number of aromatic nitrogens is 2. The fraction of sp³-hybridized carbons (Fsp3) is 0.800. The second-order valence-electron chi connectivity index (χ2n) is 7.13. The van der Waals surface area contributed by atoms with E-state index in [9.17, 15) is 0 Å². The normalized spacial score (nSPS) is 21.3. The van der Waals surface area contributed by atoms with E-state index in [0.29, 0.717) is 5.88 Å². The van der Waals surface area contributed by atoms with Gasteiger partial charge in [-0.25, -0.2) is 0 Å². The number of ether oxygens (including phenoxy) is 1. The number of rotatable bonds is 10. The van der Waals surface area contributed by atoms with Crippen molar-refractivity contribution in [1.82, 2.24) is 10.2 Å². The Bertz CT molecular complexity index is 410. The standard InChI is InChI=1S/C20H34N2O/c1-3-5-7-17-8-10-18(11-9-17)12-13-19-14-15-20(22-21-19)23-16-6-4-2/h14-15,17-18H,3-13,16H2,1-2H3. The van der Waals surface area contributed by atoms with E-state index >= 15 is 0 Å². The molecule has 0 N–H and O–H groups in total. The molecule has 0 aliphatic heterocycles. The van der Waals surface area contributed by atoms with Crippen LogP contribution in [0.4, 0.5) is 0 Å². The van der Waals surface area contributed by atoms with Crippen LogP contribution in [0.25, 0.3) is 0 Å². The van der Waals surface area contributed by atoms with Gasteiger partial charge in [-0.2, -0.15) is 5.10 Å². The fourth-order valence-electron chi connectivity index (χ4n) is 3.53. The lowest BCUT2D eigenvalue weighted by Gasteiger charge is -2.28. The largest absolute Gasteiger partial charge is 0.477 e. The third-order valence-corrected chi connectivity index (χ3v) is 5.18. The van der Waals surface area contributed by atoms with Crippen molar-refractivity contribution in [2.75, 3.05) is 6.61 Å². The zero-order chi connectivity index (χ0) is 16.3. The summed E-state index contributed by atoms with van der Waals surface area (Å²) in [5.74, 6) is 2.57. The Morgan fingerprint density at radius 2 is 1.61 bits per heavy atom.